The summed E-state index contributed by atoms with van der Waals surface area (Å²) in [6.45, 7) is 0. The van der Waals surface area contributed by atoms with Crippen LogP contribution in [0.4, 0.5) is 17.1 Å². The van der Waals surface area contributed by atoms with Crippen molar-refractivity contribution in [2.24, 2.45) is 0 Å². The predicted molar refractivity (Wildman–Crippen MR) is 200 cm³/mol. The SMILES string of the molecule is S=P1(c2ccccc2)c2cccc3c2N2c4c1cccc4P(=S)(c1ccccc1)c1cccc(c12)P3(=S)c1ccccc1. The third-order valence-electron chi connectivity index (χ3n) is 9.05. The van der Waals surface area contributed by atoms with Crippen molar-refractivity contribution >= 4 is 118 Å². The van der Waals surface area contributed by atoms with Gasteiger partial charge in [0.05, 0.1) is 17.1 Å². The topological polar surface area (TPSA) is 3.24 Å². The first-order chi connectivity index (χ1) is 21.0. The largest absolute Gasteiger partial charge is 0.306 e. The van der Waals surface area contributed by atoms with E-state index in [1.807, 2.05) is 0 Å². The van der Waals surface area contributed by atoms with Crippen molar-refractivity contribution in [1.82, 2.24) is 0 Å². The fraction of sp³-hybridized carbons (Fsp3) is 0. The second-order valence-corrected chi connectivity index (χ2v) is 24.1. The molecule has 0 amide bonds. The van der Waals surface area contributed by atoms with Gasteiger partial charge in [-0.3, -0.25) is 0 Å². The van der Waals surface area contributed by atoms with Crippen molar-refractivity contribution in [3.63, 3.8) is 0 Å². The van der Waals surface area contributed by atoms with Crippen LogP contribution in [0.2, 0.25) is 0 Å². The summed E-state index contributed by atoms with van der Waals surface area (Å²) in [6.07, 6.45) is 0. The van der Waals surface area contributed by atoms with E-state index in [2.05, 4.69) is 150 Å². The van der Waals surface area contributed by atoms with Gasteiger partial charge in [-0.1, -0.05) is 181 Å². The summed E-state index contributed by atoms with van der Waals surface area (Å²) in [5.74, 6) is 0. The molecular formula is C36H24NP3S3. The van der Waals surface area contributed by atoms with Gasteiger partial charge in [-0.2, -0.15) is 0 Å². The number of hydrogen-bond donors (Lipinski definition) is 0. The van der Waals surface area contributed by atoms with E-state index in [0.29, 0.717) is 0 Å². The van der Waals surface area contributed by atoms with Crippen LogP contribution in [0.5, 0.6) is 0 Å². The molecule has 0 aromatic heterocycles. The Labute approximate surface area is 267 Å². The molecule has 0 N–H and O–H groups in total. The van der Waals surface area contributed by atoms with Gasteiger partial charge in [0.2, 0.25) is 0 Å². The lowest BCUT2D eigenvalue weighted by Crippen LogP contribution is -2.52. The van der Waals surface area contributed by atoms with Crippen LogP contribution in [0.25, 0.3) is 0 Å². The van der Waals surface area contributed by atoms with E-state index in [0.717, 1.165) is 0 Å². The molecule has 0 aliphatic carbocycles. The van der Waals surface area contributed by atoms with Gasteiger partial charge in [0.25, 0.3) is 0 Å². The Balaban J connectivity index is 1.53. The van der Waals surface area contributed by atoms with Gasteiger partial charge in [0.15, 0.2) is 0 Å². The molecule has 0 atom stereocenters. The fourth-order valence-corrected chi connectivity index (χ4v) is 20.4. The normalized spacial score (nSPS) is 23.9. The minimum atomic E-state index is -2.46. The van der Waals surface area contributed by atoms with E-state index in [1.165, 1.54) is 64.8 Å². The molecule has 3 aliphatic heterocycles. The Bertz CT molecular complexity index is 1950. The maximum atomic E-state index is 7.02. The average Bonchev–Trinajstić information content (AvgIpc) is 3.08. The minimum Gasteiger partial charge on any atom is -0.306 e. The van der Waals surface area contributed by atoms with Crippen molar-refractivity contribution in [3.8, 4) is 0 Å². The zero-order valence-corrected chi connectivity index (χ0v) is 28.0. The Morgan fingerprint density at radius 3 is 0.767 bits per heavy atom. The van der Waals surface area contributed by atoms with Crippen molar-refractivity contribution in [2.45, 2.75) is 0 Å². The van der Waals surface area contributed by atoms with Crippen LogP contribution in [0.3, 0.4) is 0 Å². The van der Waals surface area contributed by atoms with Crippen LogP contribution < -0.4 is 52.6 Å². The monoisotopic (exact) mass is 659 g/mol. The fourth-order valence-electron chi connectivity index (χ4n) is 7.24. The number of benzene rings is 6. The van der Waals surface area contributed by atoms with Gasteiger partial charge in [-0.25, -0.2) is 0 Å². The van der Waals surface area contributed by atoms with E-state index < -0.39 is 18.1 Å². The molecular weight excluding hydrogens is 636 g/mol. The van der Waals surface area contributed by atoms with E-state index in [1.54, 1.807) is 0 Å². The second-order valence-electron chi connectivity index (χ2n) is 11.1. The Morgan fingerprint density at radius 2 is 0.535 bits per heavy atom. The van der Waals surface area contributed by atoms with Crippen molar-refractivity contribution in [1.29, 1.82) is 0 Å². The van der Waals surface area contributed by atoms with Crippen LogP contribution >= 0.6 is 18.1 Å². The van der Waals surface area contributed by atoms with Crippen molar-refractivity contribution in [3.05, 3.63) is 146 Å². The van der Waals surface area contributed by atoms with Gasteiger partial charge in [0.1, 0.15) is 0 Å². The maximum absolute atomic E-state index is 7.02. The van der Waals surface area contributed by atoms with Crippen LogP contribution in [0.15, 0.2) is 146 Å². The summed E-state index contributed by atoms with van der Waals surface area (Å²) < 4.78 is 0. The molecule has 0 unspecified atom stereocenters. The minimum absolute atomic E-state index is 1.20. The third kappa shape index (κ3) is 3.22. The molecule has 7 heteroatoms. The highest BCUT2D eigenvalue weighted by atomic mass is 32.4. The quantitative estimate of drug-likeness (QED) is 0.235. The van der Waals surface area contributed by atoms with Gasteiger partial charge >= 0.3 is 0 Å². The molecule has 0 spiro atoms. The molecule has 0 radical (unpaired) electrons. The molecule has 0 bridgehead atoms. The first-order valence-corrected chi connectivity index (χ1v) is 22.6. The molecule has 1 nitrogen and oxygen atoms in total. The van der Waals surface area contributed by atoms with Crippen LogP contribution in [0, 0.1) is 0 Å². The molecule has 206 valence electrons. The number of hydrogen-bond acceptors (Lipinski definition) is 4. The van der Waals surface area contributed by atoms with Crippen LogP contribution in [-0.2, 0) is 35.4 Å². The average molecular weight is 660 g/mol. The molecule has 3 heterocycles. The standard InChI is InChI=1S/C36H24NP3S3/c41-38(25-13-4-1-5-14-25)28-19-10-21-30-34(28)37-35-29(38)20-11-22-31(35)40(43,27-17-8-3-9-18-27)33-24-12-23-32(36(33)37)39(30,42)26-15-6-2-7-16-26/h1-24H. The van der Waals surface area contributed by atoms with E-state index in [4.69, 9.17) is 35.4 Å². The van der Waals surface area contributed by atoms with Gasteiger partial charge < -0.3 is 4.90 Å². The highest BCUT2D eigenvalue weighted by Crippen LogP contribution is 2.65. The summed E-state index contributed by atoms with van der Waals surface area (Å²) in [7, 11) is 0. The van der Waals surface area contributed by atoms with Crippen molar-refractivity contribution < 1.29 is 0 Å². The van der Waals surface area contributed by atoms with Gasteiger partial charge in [0, 0.05) is 49.9 Å². The van der Waals surface area contributed by atoms with E-state index >= 15 is 0 Å². The summed E-state index contributed by atoms with van der Waals surface area (Å²) in [4.78, 5) is 2.54. The first kappa shape index (κ1) is 26.5. The molecule has 3 aliphatic rings. The molecule has 0 saturated carbocycles. The first-order valence-electron chi connectivity index (χ1n) is 14.2. The molecule has 43 heavy (non-hydrogen) atoms. The Morgan fingerprint density at radius 1 is 0.302 bits per heavy atom. The highest BCUT2D eigenvalue weighted by Gasteiger charge is 2.51. The van der Waals surface area contributed by atoms with E-state index in [-0.39, 0.29) is 0 Å². The van der Waals surface area contributed by atoms with Crippen LogP contribution in [-0.4, -0.2) is 0 Å². The van der Waals surface area contributed by atoms with Crippen molar-refractivity contribution in [2.75, 3.05) is 4.90 Å². The summed E-state index contributed by atoms with van der Waals surface area (Å²) >= 11 is 21.1. The Kier molecular flexibility index (Phi) is 5.72. The highest BCUT2D eigenvalue weighted by molar-refractivity contribution is 8.28. The summed E-state index contributed by atoms with van der Waals surface area (Å²) in [5, 5.41) is 11.0. The van der Waals surface area contributed by atoms with E-state index in [9.17, 15) is 0 Å². The van der Waals surface area contributed by atoms with Crippen LogP contribution in [0.1, 0.15) is 0 Å². The molecule has 9 rings (SSSR count). The molecule has 0 saturated heterocycles. The summed E-state index contributed by atoms with van der Waals surface area (Å²) in [6, 6.07) is 45.2. The molecule has 0 fully saturated rings. The number of nitrogens with zero attached hydrogens (tertiary/aromatic N) is 1. The summed E-state index contributed by atoms with van der Waals surface area (Å²) in [5.41, 5.74) is 3.61. The zero-order chi connectivity index (χ0) is 29.0. The molecule has 6 aromatic rings. The number of anilines is 3. The van der Waals surface area contributed by atoms with Gasteiger partial charge in [-0.15, -0.1) is 0 Å². The third-order valence-corrected chi connectivity index (χ3v) is 23.8. The number of para-hydroxylation sites is 3. The zero-order valence-electron chi connectivity index (χ0n) is 22.9. The lowest BCUT2D eigenvalue weighted by Gasteiger charge is -2.51. The second kappa shape index (κ2) is 9.29. The number of rotatable bonds is 3. The Hall–Kier alpha value is -2.93. The lowest BCUT2D eigenvalue weighted by molar-refractivity contribution is 1.33. The van der Waals surface area contributed by atoms with Gasteiger partial charge in [-0.05, 0) is 15.9 Å². The smallest absolute Gasteiger partial charge is 0.0644 e. The molecule has 6 aromatic carbocycles. The predicted octanol–water partition coefficient (Wildman–Crippen LogP) is 5.36. The lowest BCUT2D eigenvalue weighted by atomic mass is 10.1. The maximum Gasteiger partial charge on any atom is 0.0644 e.